The number of rotatable bonds is 5. The second-order valence-electron chi connectivity index (χ2n) is 5.72. The predicted octanol–water partition coefficient (Wildman–Crippen LogP) is 2.66. The molecule has 0 spiro atoms. The highest BCUT2D eigenvalue weighted by atomic mass is 16.3. The van der Waals surface area contributed by atoms with Crippen molar-refractivity contribution in [1.29, 1.82) is 0 Å². The number of unbranched alkanes of at least 4 members (excludes halogenated alkanes) is 1. The molecule has 0 bridgehead atoms. The molecule has 0 saturated carbocycles. The van der Waals surface area contributed by atoms with Crippen LogP contribution >= 0.6 is 0 Å². The van der Waals surface area contributed by atoms with Crippen molar-refractivity contribution in [3.8, 4) is 0 Å². The molecule has 2 heterocycles. The molecule has 1 amide bonds. The molecule has 4 heteroatoms. The smallest absolute Gasteiger partial charge is 0.264 e. The molecule has 0 unspecified atom stereocenters. The van der Waals surface area contributed by atoms with Gasteiger partial charge in [-0.25, -0.2) is 0 Å². The highest BCUT2D eigenvalue weighted by Gasteiger charge is 2.49. The summed E-state index contributed by atoms with van der Waals surface area (Å²) in [6.45, 7) is 2.74. The number of amides is 1. The van der Waals surface area contributed by atoms with Gasteiger partial charge in [-0.05, 0) is 30.2 Å². The maximum Gasteiger partial charge on any atom is 0.264 e. The number of nitrogens with zero attached hydrogens (tertiary/aromatic N) is 2. The van der Waals surface area contributed by atoms with Crippen LogP contribution in [-0.4, -0.2) is 22.5 Å². The van der Waals surface area contributed by atoms with Crippen molar-refractivity contribution in [2.24, 2.45) is 0 Å². The van der Waals surface area contributed by atoms with Gasteiger partial charge in [0.1, 0.15) is 0 Å². The average Bonchev–Trinajstić information content (AvgIpc) is 2.75. The second-order valence-corrected chi connectivity index (χ2v) is 5.72. The molecular formula is C18H20N2O2. The molecule has 1 N–H and O–H groups in total. The Bertz CT molecular complexity index is 672. The van der Waals surface area contributed by atoms with E-state index < -0.39 is 5.60 Å². The van der Waals surface area contributed by atoms with E-state index in [1.165, 1.54) is 0 Å². The van der Waals surface area contributed by atoms with Crippen molar-refractivity contribution in [3.05, 3.63) is 59.9 Å². The van der Waals surface area contributed by atoms with Crippen molar-refractivity contribution in [3.63, 3.8) is 0 Å². The van der Waals surface area contributed by atoms with Crippen LogP contribution in [0.3, 0.4) is 0 Å². The van der Waals surface area contributed by atoms with Crippen LogP contribution in [-0.2, 0) is 16.8 Å². The molecule has 0 fully saturated rings. The SMILES string of the molecule is CCCCN1C(=O)[C@@](O)(Cc2ccncc2)c2ccccc21. The summed E-state index contributed by atoms with van der Waals surface area (Å²) in [5.74, 6) is -0.223. The van der Waals surface area contributed by atoms with Gasteiger partial charge in [0.25, 0.3) is 5.91 Å². The largest absolute Gasteiger partial charge is 0.375 e. The Morgan fingerprint density at radius 3 is 2.64 bits per heavy atom. The number of anilines is 1. The van der Waals surface area contributed by atoms with Gasteiger partial charge in [0.15, 0.2) is 5.60 Å². The lowest BCUT2D eigenvalue weighted by Gasteiger charge is -2.23. The molecule has 114 valence electrons. The van der Waals surface area contributed by atoms with E-state index in [1.54, 1.807) is 17.3 Å². The molecule has 22 heavy (non-hydrogen) atoms. The van der Waals surface area contributed by atoms with Crippen LogP contribution in [0.15, 0.2) is 48.8 Å². The summed E-state index contributed by atoms with van der Waals surface area (Å²) in [7, 11) is 0. The van der Waals surface area contributed by atoms with Gasteiger partial charge < -0.3 is 10.0 Å². The zero-order valence-corrected chi connectivity index (χ0v) is 12.7. The summed E-state index contributed by atoms with van der Waals surface area (Å²) in [6.07, 6.45) is 5.56. The standard InChI is InChI=1S/C18H20N2O2/c1-2-3-12-20-16-7-5-4-6-15(16)18(22,17(20)21)13-14-8-10-19-11-9-14/h4-11,22H,2-3,12-13H2,1H3/t18-/m1/s1. The van der Waals surface area contributed by atoms with Crippen molar-refractivity contribution in [1.82, 2.24) is 4.98 Å². The molecular weight excluding hydrogens is 276 g/mol. The van der Waals surface area contributed by atoms with Crippen LogP contribution in [0, 0.1) is 0 Å². The lowest BCUT2D eigenvalue weighted by molar-refractivity contribution is -0.136. The first kappa shape index (κ1) is 14.7. The Balaban J connectivity index is 1.99. The number of pyridine rings is 1. The zero-order valence-electron chi connectivity index (χ0n) is 12.7. The van der Waals surface area contributed by atoms with Crippen LogP contribution in [0.25, 0.3) is 0 Å². The van der Waals surface area contributed by atoms with E-state index in [0.717, 1.165) is 24.1 Å². The third-order valence-electron chi connectivity index (χ3n) is 4.18. The van der Waals surface area contributed by atoms with Crippen LogP contribution < -0.4 is 4.90 Å². The number of fused-ring (bicyclic) bond motifs is 1. The number of carbonyl (C=O) groups is 1. The van der Waals surface area contributed by atoms with E-state index in [1.807, 2.05) is 36.4 Å². The highest BCUT2D eigenvalue weighted by molar-refractivity contribution is 6.07. The van der Waals surface area contributed by atoms with Crippen LogP contribution in [0.4, 0.5) is 5.69 Å². The van der Waals surface area contributed by atoms with Gasteiger partial charge in [-0.15, -0.1) is 0 Å². The Kier molecular flexibility index (Phi) is 3.94. The summed E-state index contributed by atoms with van der Waals surface area (Å²) in [5, 5.41) is 11.1. The lowest BCUT2D eigenvalue weighted by Crippen LogP contribution is -2.42. The average molecular weight is 296 g/mol. The van der Waals surface area contributed by atoms with Crippen molar-refractivity contribution >= 4 is 11.6 Å². The number of benzene rings is 1. The number of para-hydroxylation sites is 1. The summed E-state index contributed by atoms with van der Waals surface area (Å²) in [6, 6.07) is 11.2. The predicted molar refractivity (Wildman–Crippen MR) is 85.5 cm³/mol. The maximum atomic E-state index is 12.9. The monoisotopic (exact) mass is 296 g/mol. The summed E-state index contributed by atoms with van der Waals surface area (Å²) < 4.78 is 0. The Morgan fingerprint density at radius 2 is 1.91 bits per heavy atom. The minimum Gasteiger partial charge on any atom is -0.375 e. The van der Waals surface area contributed by atoms with Crippen molar-refractivity contribution < 1.29 is 9.90 Å². The zero-order chi connectivity index (χ0) is 15.6. The van der Waals surface area contributed by atoms with Crippen molar-refractivity contribution in [2.75, 3.05) is 11.4 Å². The van der Waals surface area contributed by atoms with Gasteiger partial charge in [0, 0.05) is 30.9 Å². The van der Waals surface area contributed by atoms with Gasteiger partial charge in [-0.2, -0.15) is 0 Å². The first-order chi connectivity index (χ1) is 10.7. The van der Waals surface area contributed by atoms with E-state index in [4.69, 9.17) is 0 Å². The number of hydrogen-bond acceptors (Lipinski definition) is 3. The van der Waals surface area contributed by atoms with Gasteiger partial charge in [-0.3, -0.25) is 9.78 Å². The number of carbonyl (C=O) groups excluding carboxylic acids is 1. The quantitative estimate of drug-likeness (QED) is 0.923. The number of aliphatic hydroxyl groups is 1. The molecule has 2 aromatic rings. The Hall–Kier alpha value is -2.20. The topological polar surface area (TPSA) is 53.4 Å². The van der Waals surface area contributed by atoms with E-state index in [-0.39, 0.29) is 12.3 Å². The van der Waals surface area contributed by atoms with Crippen LogP contribution in [0.2, 0.25) is 0 Å². The minimum atomic E-state index is -1.48. The maximum absolute atomic E-state index is 12.9. The van der Waals surface area contributed by atoms with E-state index in [2.05, 4.69) is 11.9 Å². The first-order valence-corrected chi connectivity index (χ1v) is 7.69. The third-order valence-corrected chi connectivity index (χ3v) is 4.18. The van der Waals surface area contributed by atoms with E-state index in [9.17, 15) is 9.90 Å². The molecule has 0 aliphatic carbocycles. The lowest BCUT2D eigenvalue weighted by atomic mass is 9.89. The molecule has 4 nitrogen and oxygen atoms in total. The third kappa shape index (κ3) is 2.40. The summed E-state index contributed by atoms with van der Waals surface area (Å²) in [4.78, 5) is 18.6. The fourth-order valence-electron chi connectivity index (χ4n) is 3.01. The molecule has 1 aromatic carbocycles. The molecule has 0 radical (unpaired) electrons. The second kappa shape index (κ2) is 5.89. The van der Waals surface area contributed by atoms with Crippen LogP contribution in [0.1, 0.15) is 30.9 Å². The minimum absolute atomic E-state index is 0.223. The summed E-state index contributed by atoms with van der Waals surface area (Å²) >= 11 is 0. The normalized spacial score (nSPS) is 20.3. The number of hydrogen-bond donors (Lipinski definition) is 1. The molecule has 0 saturated heterocycles. The molecule has 3 rings (SSSR count). The van der Waals surface area contributed by atoms with E-state index >= 15 is 0 Å². The van der Waals surface area contributed by atoms with Gasteiger partial charge >= 0.3 is 0 Å². The van der Waals surface area contributed by atoms with Crippen molar-refractivity contribution in [2.45, 2.75) is 31.8 Å². The van der Waals surface area contributed by atoms with Gasteiger partial charge in [0.05, 0.1) is 5.69 Å². The molecule has 1 aliphatic heterocycles. The van der Waals surface area contributed by atoms with Gasteiger partial charge in [0.2, 0.25) is 0 Å². The van der Waals surface area contributed by atoms with Crippen LogP contribution in [0.5, 0.6) is 0 Å². The summed E-state index contributed by atoms with van der Waals surface area (Å²) in [5.41, 5.74) is 0.953. The van der Waals surface area contributed by atoms with E-state index in [0.29, 0.717) is 12.1 Å². The first-order valence-electron chi connectivity index (χ1n) is 7.69. The fraction of sp³-hybridized carbons (Fsp3) is 0.333. The number of aromatic nitrogens is 1. The Morgan fingerprint density at radius 1 is 1.18 bits per heavy atom. The van der Waals surface area contributed by atoms with Gasteiger partial charge in [-0.1, -0.05) is 31.5 Å². The molecule has 1 aliphatic rings. The molecule has 1 atom stereocenters. The molecule has 1 aromatic heterocycles. The fourth-order valence-corrected chi connectivity index (χ4v) is 3.01. The highest BCUT2D eigenvalue weighted by Crippen LogP contribution is 2.42. The Labute approximate surface area is 130 Å².